The summed E-state index contributed by atoms with van der Waals surface area (Å²) in [4.78, 5) is 7.62. The number of likely N-dealkylation sites (tertiary alicyclic amines) is 1. The monoisotopic (exact) mass is 352 g/mol. The van der Waals surface area contributed by atoms with Crippen molar-refractivity contribution < 1.29 is 18.0 Å². The molecule has 1 aromatic rings. The Morgan fingerprint density at radius 3 is 2.40 bits per heavy atom. The molecule has 0 bridgehead atoms. The summed E-state index contributed by atoms with van der Waals surface area (Å²) in [5.74, 6) is 0.358. The van der Waals surface area contributed by atoms with Gasteiger partial charge in [-0.3, -0.25) is 4.90 Å². The third-order valence-electron chi connectivity index (χ3n) is 4.77. The lowest BCUT2D eigenvalue weighted by Gasteiger charge is -2.25. The molecule has 3 atom stereocenters. The third-order valence-corrected chi connectivity index (χ3v) is 4.77. The Morgan fingerprint density at radius 1 is 1.24 bits per heavy atom. The van der Waals surface area contributed by atoms with Crippen molar-refractivity contribution in [2.45, 2.75) is 51.9 Å². The fourth-order valence-corrected chi connectivity index (χ4v) is 3.30. The van der Waals surface area contributed by atoms with Gasteiger partial charge < -0.3 is 4.84 Å². The van der Waals surface area contributed by atoms with E-state index in [1.807, 2.05) is 20.8 Å². The maximum Gasteiger partial charge on any atom is 0.416 e. The molecule has 2 aliphatic heterocycles. The van der Waals surface area contributed by atoms with Gasteiger partial charge in [0.15, 0.2) is 0 Å². The molecule has 0 N–H and O–H groups in total. The van der Waals surface area contributed by atoms with Crippen molar-refractivity contribution in [1.82, 2.24) is 4.90 Å². The second-order valence-corrected chi connectivity index (χ2v) is 6.27. The molecule has 2 aliphatic rings. The Balaban J connectivity index is 0.00000109. The Bertz CT molecular complexity index is 589. The normalized spacial score (nSPS) is 25.0. The van der Waals surface area contributed by atoms with Crippen molar-refractivity contribution >= 4 is 13.5 Å². The van der Waals surface area contributed by atoms with E-state index in [4.69, 9.17) is 12.7 Å². The highest BCUT2D eigenvalue weighted by atomic mass is 19.4. The van der Waals surface area contributed by atoms with Gasteiger partial charge in [0.2, 0.25) is 0 Å². The minimum Gasteiger partial charge on any atom is -0.393 e. The third kappa shape index (κ3) is 4.78. The van der Waals surface area contributed by atoms with Crippen LogP contribution in [0.5, 0.6) is 0 Å². The minimum absolute atomic E-state index is 0.0276. The van der Waals surface area contributed by atoms with E-state index in [9.17, 15) is 13.2 Å². The highest BCUT2D eigenvalue weighted by Gasteiger charge is 2.36. The number of hydrogen-bond donors (Lipinski definition) is 0. The zero-order chi connectivity index (χ0) is 18.6. The first-order chi connectivity index (χ1) is 11.8. The first-order valence-corrected chi connectivity index (χ1v) is 8.74. The minimum atomic E-state index is -4.29. The van der Waals surface area contributed by atoms with E-state index >= 15 is 0 Å². The molecule has 0 saturated carbocycles. The number of hydrogen-bond acceptors (Lipinski definition) is 3. The number of alkyl halides is 3. The highest BCUT2D eigenvalue weighted by molar-refractivity contribution is 6.59. The summed E-state index contributed by atoms with van der Waals surface area (Å²) in [6.07, 6.45) is -2.62. The predicted octanol–water partition coefficient (Wildman–Crippen LogP) is 4.39. The molecule has 0 amide bonds. The van der Waals surface area contributed by atoms with Crippen LogP contribution in [-0.4, -0.2) is 37.6 Å². The van der Waals surface area contributed by atoms with Gasteiger partial charge in [-0.05, 0) is 37.6 Å². The number of rotatable bonds is 3. The average molecular weight is 352 g/mol. The van der Waals surface area contributed by atoms with Crippen molar-refractivity contribution in [2.24, 2.45) is 11.1 Å². The summed E-state index contributed by atoms with van der Waals surface area (Å²) in [5, 5.41) is 3.79. The molecule has 1 aromatic carbocycles. The van der Waals surface area contributed by atoms with E-state index in [0.717, 1.165) is 37.2 Å². The molecule has 0 unspecified atom stereocenters. The molecule has 2 radical (unpaired) electrons. The van der Waals surface area contributed by atoms with E-state index in [1.165, 1.54) is 0 Å². The molecule has 2 heterocycles. The van der Waals surface area contributed by atoms with Gasteiger partial charge in [0, 0.05) is 30.5 Å². The maximum atomic E-state index is 12.6. The molecular weight excluding hydrogens is 328 g/mol. The quantitative estimate of drug-likeness (QED) is 0.754. The van der Waals surface area contributed by atoms with Gasteiger partial charge in [0.1, 0.15) is 14.0 Å². The Hall–Kier alpha value is -1.50. The topological polar surface area (TPSA) is 24.8 Å². The van der Waals surface area contributed by atoms with Crippen molar-refractivity contribution in [3.05, 3.63) is 35.4 Å². The summed E-state index contributed by atoms with van der Waals surface area (Å²) in [7, 11) is 5.65. The lowest BCUT2D eigenvalue weighted by atomic mass is 9.90. The second kappa shape index (κ2) is 8.26. The number of halogens is 3. The largest absolute Gasteiger partial charge is 0.416 e. The van der Waals surface area contributed by atoms with Gasteiger partial charge in [-0.2, -0.15) is 13.2 Å². The summed E-state index contributed by atoms with van der Waals surface area (Å²) in [5.41, 5.74) is 0.811. The Morgan fingerprint density at radius 2 is 1.88 bits per heavy atom. The van der Waals surface area contributed by atoms with Crippen molar-refractivity contribution in [2.75, 3.05) is 13.1 Å². The van der Waals surface area contributed by atoms with Crippen LogP contribution in [0.3, 0.4) is 0 Å². The Labute approximate surface area is 148 Å². The SMILES string of the molecule is CC.[B]C1=NO[C@H]([C@@H]2CCN([C@@H](C)c3ccc(C(F)(F)F)cc3)C2)C1. The molecule has 0 aliphatic carbocycles. The van der Waals surface area contributed by atoms with Gasteiger partial charge in [0.25, 0.3) is 0 Å². The van der Waals surface area contributed by atoms with Crippen molar-refractivity contribution in [3.63, 3.8) is 0 Å². The summed E-state index contributed by atoms with van der Waals surface area (Å²) < 4.78 is 37.9. The first kappa shape index (κ1) is 19.8. The van der Waals surface area contributed by atoms with E-state index in [-0.39, 0.29) is 12.1 Å². The summed E-state index contributed by atoms with van der Waals surface area (Å²) in [6.45, 7) is 7.76. The van der Waals surface area contributed by atoms with Gasteiger partial charge in [-0.15, -0.1) is 5.16 Å². The summed E-state index contributed by atoms with van der Waals surface area (Å²) in [6, 6.07) is 5.49. The van der Waals surface area contributed by atoms with Crippen LogP contribution in [0.15, 0.2) is 29.4 Å². The maximum absolute atomic E-state index is 12.6. The van der Waals surface area contributed by atoms with Gasteiger partial charge >= 0.3 is 6.18 Å². The molecule has 1 fully saturated rings. The average Bonchev–Trinajstić information content (AvgIpc) is 3.24. The van der Waals surface area contributed by atoms with E-state index in [1.54, 1.807) is 12.1 Å². The molecule has 7 heteroatoms. The summed E-state index contributed by atoms with van der Waals surface area (Å²) >= 11 is 0. The molecule has 1 saturated heterocycles. The fraction of sp³-hybridized carbons (Fsp3) is 0.611. The van der Waals surface area contributed by atoms with Crippen LogP contribution in [0.25, 0.3) is 0 Å². The van der Waals surface area contributed by atoms with E-state index in [0.29, 0.717) is 17.9 Å². The standard InChI is InChI=1S/C16H18BF3N2O.C2H6/c1-10(11-2-4-13(5-3-11)16(18,19)20)22-7-6-12(9-22)14-8-15(17)21-23-14;1-2/h2-5,10,12,14H,6-9H2,1H3;1-2H3/t10-,12+,14-;/m0./s1. The van der Waals surface area contributed by atoms with Gasteiger partial charge in [0.05, 0.1) is 5.56 Å². The van der Waals surface area contributed by atoms with Crippen LogP contribution >= 0.6 is 0 Å². The fourth-order valence-electron chi connectivity index (χ4n) is 3.30. The number of nitrogens with zero attached hydrogens (tertiary/aromatic N) is 2. The van der Waals surface area contributed by atoms with Crippen LogP contribution < -0.4 is 0 Å². The molecule has 25 heavy (non-hydrogen) atoms. The molecule has 136 valence electrons. The molecule has 3 rings (SSSR count). The van der Waals surface area contributed by atoms with Crippen LogP contribution in [0.2, 0.25) is 0 Å². The molecule has 3 nitrogen and oxygen atoms in total. The smallest absolute Gasteiger partial charge is 0.393 e. The van der Waals surface area contributed by atoms with E-state index in [2.05, 4.69) is 10.1 Å². The van der Waals surface area contributed by atoms with Crippen LogP contribution in [0, 0.1) is 5.92 Å². The number of benzene rings is 1. The Kier molecular flexibility index (Phi) is 6.55. The molecular formula is C18H24BF3N2O. The van der Waals surface area contributed by atoms with Gasteiger partial charge in [-0.25, -0.2) is 0 Å². The first-order valence-electron chi connectivity index (χ1n) is 8.74. The van der Waals surface area contributed by atoms with Crippen LogP contribution in [0.1, 0.15) is 50.8 Å². The molecule has 0 spiro atoms. The zero-order valence-electron chi connectivity index (χ0n) is 14.9. The van der Waals surface area contributed by atoms with Crippen LogP contribution in [-0.2, 0) is 11.0 Å². The number of oxime groups is 1. The lowest BCUT2D eigenvalue weighted by Crippen LogP contribution is -2.28. The zero-order valence-corrected chi connectivity index (χ0v) is 14.9. The predicted molar refractivity (Wildman–Crippen MR) is 93.6 cm³/mol. The lowest BCUT2D eigenvalue weighted by molar-refractivity contribution is -0.137. The van der Waals surface area contributed by atoms with Crippen molar-refractivity contribution in [1.29, 1.82) is 0 Å². The van der Waals surface area contributed by atoms with Crippen LogP contribution in [0.4, 0.5) is 13.2 Å². The second-order valence-electron chi connectivity index (χ2n) is 6.27. The van der Waals surface area contributed by atoms with Gasteiger partial charge in [-0.1, -0.05) is 26.0 Å². The van der Waals surface area contributed by atoms with Crippen molar-refractivity contribution in [3.8, 4) is 0 Å². The molecule has 0 aromatic heterocycles. The highest BCUT2D eigenvalue weighted by Crippen LogP contribution is 2.34. The van der Waals surface area contributed by atoms with E-state index < -0.39 is 11.7 Å².